The molecule has 0 saturated carbocycles. The van der Waals surface area contributed by atoms with Crippen molar-refractivity contribution >= 4 is 59.6 Å². The fraction of sp³-hybridized carbons (Fsp3) is 0.614. The van der Waals surface area contributed by atoms with Crippen LogP contribution in [0.4, 0.5) is 9.59 Å². The molecule has 0 spiro atoms. The van der Waals surface area contributed by atoms with Gasteiger partial charge in [-0.05, 0) is 120 Å². The van der Waals surface area contributed by atoms with Gasteiger partial charge in [0.1, 0.15) is 41.6 Å². The monoisotopic (exact) mass is 1680 g/mol. The Kier molecular flexibility index (Phi) is 41.8. The van der Waals surface area contributed by atoms with Gasteiger partial charge in [-0.3, -0.25) is 77.6 Å². The first kappa shape index (κ1) is 98.2. The molecule has 0 radical (unpaired) electrons. The van der Waals surface area contributed by atoms with Crippen molar-refractivity contribution in [3.63, 3.8) is 0 Å². The number of nitrogens with one attached hydrogen (secondary N) is 2. The van der Waals surface area contributed by atoms with E-state index >= 15 is 0 Å². The Morgan fingerprint density at radius 3 is 0.783 bits per heavy atom. The molecule has 32 nitrogen and oxygen atoms in total. The first-order valence-corrected chi connectivity index (χ1v) is 41.8. The minimum Gasteiger partial charge on any atom is -0.480 e. The van der Waals surface area contributed by atoms with Crippen LogP contribution in [0.2, 0.25) is 0 Å². The number of hydrogen-bond acceptors (Lipinski definition) is 27. The van der Waals surface area contributed by atoms with Gasteiger partial charge in [0.2, 0.25) is 0 Å². The van der Waals surface area contributed by atoms with Crippen LogP contribution in [0.25, 0.3) is 22.3 Å². The third-order valence-corrected chi connectivity index (χ3v) is 20.0. The molecule has 120 heavy (non-hydrogen) atoms. The summed E-state index contributed by atoms with van der Waals surface area (Å²) in [5.41, 5.74) is 7.36. The molecule has 32 heteroatoms. The number of alkyl carbamates (subject to hydrolysis) is 2. The number of aliphatic carboxylic acids is 3. The molecule has 0 bridgehead atoms. The normalized spacial score (nSPS) is 16.4. The van der Waals surface area contributed by atoms with Crippen molar-refractivity contribution in [3.8, 4) is 22.3 Å². The molecule has 2 amide bonds. The zero-order chi connectivity index (χ0) is 87.0. The molecule has 2 saturated heterocycles. The fourth-order valence-corrected chi connectivity index (χ4v) is 14.5. The van der Waals surface area contributed by atoms with E-state index in [-0.39, 0.29) is 126 Å². The average molecular weight is 1680 g/mol. The van der Waals surface area contributed by atoms with E-state index in [2.05, 4.69) is 64.1 Å². The van der Waals surface area contributed by atoms with Crippen molar-refractivity contribution < 1.29 is 106 Å². The Labute approximate surface area is 706 Å². The number of Topliss-reactive ketones (excluding diaryl/α,β-unsaturated/α-hetero) is 2. The molecule has 2 fully saturated rings. The van der Waals surface area contributed by atoms with E-state index in [1.807, 2.05) is 130 Å². The summed E-state index contributed by atoms with van der Waals surface area (Å²) < 4.78 is 50.6. The number of nitrogens with zero attached hydrogens (tertiary/aromatic N) is 8. The Morgan fingerprint density at radius 1 is 0.317 bits per heavy atom. The van der Waals surface area contributed by atoms with Gasteiger partial charge in [-0.25, -0.2) is 9.59 Å². The number of rotatable bonds is 40. The van der Waals surface area contributed by atoms with Crippen molar-refractivity contribution in [1.82, 2.24) is 49.8 Å². The summed E-state index contributed by atoms with van der Waals surface area (Å²) in [6, 6.07) is 32.7. The summed E-state index contributed by atoms with van der Waals surface area (Å²) in [5, 5.41) is 33.6. The largest absolute Gasteiger partial charge is 0.480 e. The number of carbonyl (C=O) groups is 10. The molecule has 0 aromatic heterocycles. The van der Waals surface area contributed by atoms with Gasteiger partial charge < -0.3 is 68.6 Å². The minimum absolute atomic E-state index is 0.00591. The van der Waals surface area contributed by atoms with Crippen molar-refractivity contribution in [2.75, 3.05) is 236 Å². The number of hydrogen-bond donors (Lipinski definition) is 5. The maximum atomic E-state index is 13.4. The molecule has 8 rings (SSSR count). The molecule has 664 valence electrons. The van der Waals surface area contributed by atoms with Gasteiger partial charge in [0.25, 0.3) is 0 Å². The predicted octanol–water partition coefficient (Wildman–Crippen LogP) is 6.54. The van der Waals surface area contributed by atoms with Gasteiger partial charge in [-0.15, -0.1) is 0 Å². The van der Waals surface area contributed by atoms with Crippen LogP contribution < -0.4 is 10.6 Å². The molecule has 2 heterocycles. The molecule has 4 aliphatic rings. The standard InChI is InChI=1S/C50H77N5O11.C38H53N5O11/c1-48(2,3)64-44(57)34-53-23-21-52(22-24-54(35-45(58)65-49(4,5)6)26-28-55(27-25-53)36-46(59)66-50(7,8)9)33-38(56)15-14-29-61-31-32-62-30-20-51-47(60)63-37-43-41-18-12-10-16-39(41)40-17-11-13-19-42(40)43;44-29(24-40-12-14-41(25-35(45)46)16-18-43(27-37(49)50)19-17-42(15-13-40)26-36(47)48)6-5-20-52-22-23-53-21-11-39-38(51)54-28-34-32-9-3-1-7-30(32)31-8-2-4-10-33(31)34/h10-13,16-19,43H,14-15,20-37H2,1-9H3,(H,51,60);1-4,7-10,34H,5-6,11-28H2,(H,39,51)(H,45,46)(H,47,48)(H,49,50). The summed E-state index contributed by atoms with van der Waals surface area (Å²) in [6.45, 7) is 26.6. The highest BCUT2D eigenvalue weighted by molar-refractivity contribution is 5.82. The Morgan fingerprint density at radius 2 is 0.542 bits per heavy atom. The SMILES string of the molecule is CC(C)(C)OC(=O)CN1CCN(CC(=O)CCCOCCOCCNC(=O)OCC2c3ccccc3-c3ccccc32)CCN(CC(=O)OC(C)(C)C)CCN(CC(=O)OC(C)(C)C)CC1.O=C(O)CN1CCN(CC(=O)O)CCN(CC(=O)CCCOCCOCCNC(=O)OCC2c3ccccc3-c3ccccc32)CCN(CC(=O)O)CC1. The van der Waals surface area contributed by atoms with Gasteiger partial charge in [-0.1, -0.05) is 97.1 Å². The van der Waals surface area contributed by atoms with Crippen LogP contribution in [0, 0.1) is 0 Å². The molecule has 4 aromatic carbocycles. The highest BCUT2D eigenvalue weighted by Crippen LogP contribution is 2.46. The van der Waals surface area contributed by atoms with E-state index < -0.39 is 46.9 Å². The molecule has 2 aliphatic carbocycles. The van der Waals surface area contributed by atoms with E-state index in [9.17, 15) is 63.3 Å². The summed E-state index contributed by atoms with van der Waals surface area (Å²) in [4.78, 5) is 139. The van der Waals surface area contributed by atoms with Crippen molar-refractivity contribution in [1.29, 1.82) is 0 Å². The number of carboxylic acid groups (broad SMARTS) is 3. The second kappa shape index (κ2) is 51.1. The second-order valence-corrected chi connectivity index (χ2v) is 33.4. The summed E-state index contributed by atoms with van der Waals surface area (Å²) in [6.07, 6.45) is 0.653. The van der Waals surface area contributed by atoms with Gasteiger partial charge in [0, 0.05) is 156 Å². The smallest absolute Gasteiger partial charge is 0.407 e. The minimum atomic E-state index is -1.02. The van der Waals surface area contributed by atoms with E-state index in [0.717, 1.165) is 22.3 Å². The van der Waals surface area contributed by atoms with Gasteiger partial charge in [0.15, 0.2) is 0 Å². The molecular weight excluding hydrogens is 1550 g/mol. The van der Waals surface area contributed by atoms with E-state index in [1.165, 1.54) is 22.3 Å². The Bertz CT molecular complexity index is 3730. The van der Waals surface area contributed by atoms with Crippen LogP contribution in [0.15, 0.2) is 97.1 Å². The lowest BCUT2D eigenvalue weighted by atomic mass is 9.98. The summed E-state index contributed by atoms with van der Waals surface area (Å²) >= 11 is 0. The quantitative estimate of drug-likeness (QED) is 0.0179. The first-order chi connectivity index (χ1) is 57.2. The van der Waals surface area contributed by atoms with Crippen molar-refractivity contribution in [2.24, 2.45) is 0 Å². The first-order valence-electron chi connectivity index (χ1n) is 41.8. The second-order valence-electron chi connectivity index (χ2n) is 33.4. The predicted molar refractivity (Wildman–Crippen MR) is 450 cm³/mol. The van der Waals surface area contributed by atoms with Crippen LogP contribution >= 0.6 is 0 Å². The topological polar surface area (TPSA) is 364 Å². The van der Waals surface area contributed by atoms with E-state index in [0.29, 0.717) is 177 Å². The number of carboxylic acids is 3. The lowest BCUT2D eigenvalue weighted by molar-refractivity contribution is -0.158. The molecule has 0 atom stereocenters. The number of ether oxygens (including phenoxy) is 9. The number of esters is 3. The molecule has 2 aliphatic heterocycles. The van der Waals surface area contributed by atoms with Gasteiger partial charge in [-0.2, -0.15) is 0 Å². The van der Waals surface area contributed by atoms with Crippen LogP contribution in [0.3, 0.4) is 0 Å². The average Bonchev–Trinajstić information content (AvgIpc) is 1.62. The van der Waals surface area contributed by atoms with Crippen LogP contribution in [0.1, 0.15) is 122 Å². The van der Waals surface area contributed by atoms with Crippen LogP contribution in [-0.2, 0) is 81.0 Å². The summed E-state index contributed by atoms with van der Waals surface area (Å²) in [7, 11) is 0. The number of carbonyl (C=O) groups excluding carboxylic acids is 7. The highest BCUT2D eigenvalue weighted by atomic mass is 16.6. The fourth-order valence-electron chi connectivity index (χ4n) is 14.5. The zero-order valence-corrected chi connectivity index (χ0v) is 71.9. The zero-order valence-electron chi connectivity index (χ0n) is 71.9. The van der Waals surface area contributed by atoms with Crippen LogP contribution in [0.5, 0.6) is 0 Å². The Balaban J connectivity index is 0.000000337. The highest BCUT2D eigenvalue weighted by Gasteiger charge is 2.33. The maximum Gasteiger partial charge on any atom is 0.407 e. The van der Waals surface area contributed by atoms with Crippen molar-refractivity contribution in [2.45, 2.75) is 117 Å². The Hall–Kier alpha value is -8.90. The van der Waals surface area contributed by atoms with E-state index in [1.54, 1.807) is 14.7 Å². The number of fused-ring (bicyclic) bond motifs is 6. The number of ketones is 2. The molecule has 5 N–H and O–H groups in total. The molecular formula is C88H130N10O22. The van der Waals surface area contributed by atoms with Gasteiger partial charge >= 0.3 is 48.0 Å². The molecule has 0 unspecified atom stereocenters. The summed E-state index contributed by atoms with van der Waals surface area (Å²) in [5.74, 6) is -4.05. The molecule has 4 aromatic rings. The van der Waals surface area contributed by atoms with Gasteiger partial charge in [0.05, 0.1) is 92.0 Å². The number of amides is 2. The third kappa shape index (κ3) is 38.4. The van der Waals surface area contributed by atoms with Crippen LogP contribution in [-0.4, -0.2) is 367 Å². The lowest BCUT2D eigenvalue weighted by Crippen LogP contribution is -2.50. The number of benzene rings is 4. The maximum absolute atomic E-state index is 13.4. The van der Waals surface area contributed by atoms with Crippen molar-refractivity contribution in [3.05, 3.63) is 119 Å². The van der Waals surface area contributed by atoms with E-state index in [4.69, 9.17) is 42.6 Å². The third-order valence-electron chi connectivity index (χ3n) is 20.0. The lowest BCUT2D eigenvalue weighted by Gasteiger charge is -2.34.